The number of nitrogens with one attached hydrogen (secondary N) is 1. The minimum atomic E-state index is 0.632. The molecule has 1 aliphatic carbocycles. The number of hydrogen-bond acceptors (Lipinski definition) is 3. The minimum absolute atomic E-state index is 0.632. The third-order valence-corrected chi connectivity index (χ3v) is 3.26. The molecule has 3 rings (SSSR count). The first-order valence-corrected chi connectivity index (χ1v) is 6.51. The van der Waals surface area contributed by atoms with Crippen LogP contribution in [0.5, 0.6) is 0 Å². The van der Waals surface area contributed by atoms with Crippen LogP contribution in [0.2, 0.25) is 0 Å². The number of nitrogens with zero attached hydrogens (tertiary/aromatic N) is 3. The third kappa shape index (κ3) is 2.53. The largest absolute Gasteiger partial charge is 0.385 e. The molecule has 1 heterocycles. The summed E-state index contributed by atoms with van der Waals surface area (Å²) < 4.78 is 1.92. The second kappa shape index (κ2) is 4.80. The minimum Gasteiger partial charge on any atom is -0.385 e. The molecular formula is C14H18N4. The molecule has 1 aromatic heterocycles. The van der Waals surface area contributed by atoms with Gasteiger partial charge in [0.05, 0.1) is 0 Å². The smallest absolute Gasteiger partial charge is 0.154 e. The van der Waals surface area contributed by atoms with Crippen molar-refractivity contribution in [2.75, 3.05) is 11.9 Å². The Hall–Kier alpha value is -1.84. The number of rotatable bonds is 5. The van der Waals surface area contributed by atoms with Crippen LogP contribution in [0.4, 0.5) is 5.69 Å². The summed E-state index contributed by atoms with van der Waals surface area (Å²) in [5.74, 6) is 2.74. The molecule has 1 saturated carbocycles. The number of aromatic nitrogens is 3. The van der Waals surface area contributed by atoms with Crippen LogP contribution in [-0.2, 0) is 13.5 Å². The maximum atomic E-state index is 4.61. The summed E-state index contributed by atoms with van der Waals surface area (Å²) >= 11 is 0. The summed E-state index contributed by atoms with van der Waals surface area (Å²) in [5, 5.41) is 7.87. The van der Waals surface area contributed by atoms with E-state index in [0.29, 0.717) is 5.92 Å². The number of aryl methyl sites for hydroxylation is 1. The van der Waals surface area contributed by atoms with Crippen LogP contribution < -0.4 is 5.32 Å². The summed E-state index contributed by atoms with van der Waals surface area (Å²) in [4.78, 5) is 4.61. The molecule has 4 heteroatoms. The highest BCUT2D eigenvalue weighted by molar-refractivity contribution is 5.42. The number of anilines is 1. The molecule has 18 heavy (non-hydrogen) atoms. The van der Waals surface area contributed by atoms with Gasteiger partial charge in [-0.15, -0.1) is 0 Å². The summed E-state index contributed by atoms with van der Waals surface area (Å²) in [6, 6.07) is 10.3. The van der Waals surface area contributed by atoms with Crippen molar-refractivity contribution >= 4 is 5.69 Å². The van der Waals surface area contributed by atoms with Gasteiger partial charge in [-0.1, -0.05) is 18.2 Å². The summed E-state index contributed by atoms with van der Waals surface area (Å²) in [7, 11) is 1.98. The molecule has 1 aromatic carbocycles. The summed E-state index contributed by atoms with van der Waals surface area (Å²) in [6.45, 7) is 0.890. The molecule has 0 aliphatic heterocycles. The lowest BCUT2D eigenvalue weighted by Crippen LogP contribution is -2.09. The Morgan fingerprint density at radius 3 is 2.78 bits per heavy atom. The van der Waals surface area contributed by atoms with Crippen LogP contribution in [0.25, 0.3) is 0 Å². The first kappa shape index (κ1) is 11.3. The van der Waals surface area contributed by atoms with E-state index in [4.69, 9.17) is 0 Å². The van der Waals surface area contributed by atoms with Crippen molar-refractivity contribution in [1.82, 2.24) is 14.8 Å². The van der Waals surface area contributed by atoms with Crippen molar-refractivity contribution in [1.29, 1.82) is 0 Å². The van der Waals surface area contributed by atoms with Gasteiger partial charge in [-0.3, -0.25) is 4.68 Å². The Morgan fingerprint density at radius 2 is 2.06 bits per heavy atom. The molecule has 0 unspecified atom stereocenters. The van der Waals surface area contributed by atoms with Crippen LogP contribution in [0.1, 0.15) is 30.4 Å². The molecule has 0 saturated heterocycles. The van der Waals surface area contributed by atoms with Gasteiger partial charge < -0.3 is 5.32 Å². The molecule has 94 valence electrons. The first-order valence-electron chi connectivity index (χ1n) is 6.51. The highest BCUT2D eigenvalue weighted by Gasteiger charge is 2.28. The van der Waals surface area contributed by atoms with E-state index >= 15 is 0 Å². The Kier molecular flexibility index (Phi) is 3.00. The molecule has 4 nitrogen and oxygen atoms in total. The van der Waals surface area contributed by atoms with Gasteiger partial charge in [-0.05, 0) is 25.0 Å². The van der Waals surface area contributed by atoms with Crippen molar-refractivity contribution in [2.45, 2.75) is 25.2 Å². The van der Waals surface area contributed by atoms with E-state index < -0.39 is 0 Å². The van der Waals surface area contributed by atoms with E-state index in [1.807, 2.05) is 29.9 Å². The molecule has 1 N–H and O–H groups in total. The van der Waals surface area contributed by atoms with Crippen LogP contribution in [0, 0.1) is 0 Å². The average Bonchev–Trinajstić information content (AvgIpc) is 3.17. The van der Waals surface area contributed by atoms with Crippen LogP contribution in [0.3, 0.4) is 0 Å². The van der Waals surface area contributed by atoms with Gasteiger partial charge in [0, 0.05) is 31.6 Å². The molecule has 0 atom stereocenters. The van der Waals surface area contributed by atoms with Gasteiger partial charge in [0.2, 0.25) is 0 Å². The third-order valence-electron chi connectivity index (χ3n) is 3.26. The van der Waals surface area contributed by atoms with Gasteiger partial charge in [0.1, 0.15) is 5.82 Å². The first-order chi connectivity index (χ1) is 8.83. The summed E-state index contributed by atoms with van der Waals surface area (Å²) in [6.07, 6.45) is 3.42. The fourth-order valence-electron chi connectivity index (χ4n) is 2.05. The van der Waals surface area contributed by atoms with Crippen molar-refractivity contribution in [3.8, 4) is 0 Å². The molecule has 0 bridgehead atoms. The number of benzene rings is 1. The molecule has 0 amide bonds. The fourth-order valence-corrected chi connectivity index (χ4v) is 2.05. The Bertz CT molecular complexity index is 514. The second-order valence-corrected chi connectivity index (χ2v) is 4.83. The van der Waals surface area contributed by atoms with E-state index in [1.165, 1.54) is 12.8 Å². The zero-order valence-electron chi connectivity index (χ0n) is 10.6. The lowest BCUT2D eigenvalue weighted by Gasteiger charge is -2.05. The second-order valence-electron chi connectivity index (χ2n) is 4.83. The number of para-hydroxylation sites is 1. The average molecular weight is 242 g/mol. The van der Waals surface area contributed by atoms with Crippen molar-refractivity contribution < 1.29 is 0 Å². The Balaban J connectivity index is 1.56. The number of hydrogen-bond donors (Lipinski definition) is 1. The zero-order chi connectivity index (χ0) is 12.4. The quantitative estimate of drug-likeness (QED) is 0.875. The van der Waals surface area contributed by atoms with Crippen LogP contribution in [0.15, 0.2) is 30.3 Å². The molecule has 2 aromatic rings. The van der Waals surface area contributed by atoms with E-state index in [-0.39, 0.29) is 0 Å². The normalized spacial score (nSPS) is 14.7. The van der Waals surface area contributed by atoms with Gasteiger partial charge in [0.25, 0.3) is 0 Å². The van der Waals surface area contributed by atoms with Gasteiger partial charge in [-0.2, -0.15) is 5.10 Å². The van der Waals surface area contributed by atoms with Crippen LogP contribution in [-0.4, -0.2) is 21.3 Å². The Labute approximate surface area is 107 Å². The monoisotopic (exact) mass is 242 g/mol. The van der Waals surface area contributed by atoms with Crippen molar-refractivity contribution in [3.63, 3.8) is 0 Å². The van der Waals surface area contributed by atoms with Gasteiger partial charge >= 0.3 is 0 Å². The van der Waals surface area contributed by atoms with E-state index in [2.05, 4.69) is 27.5 Å². The van der Waals surface area contributed by atoms with E-state index in [0.717, 1.165) is 30.3 Å². The molecule has 1 aliphatic rings. The lowest BCUT2D eigenvalue weighted by atomic mass is 10.3. The van der Waals surface area contributed by atoms with Crippen LogP contribution >= 0.6 is 0 Å². The maximum Gasteiger partial charge on any atom is 0.154 e. The molecule has 1 fully saturated rings. The van der Waals surface area contributed by atoms with Crippen molar-refractivity contribution in [3.05, 3.63) is 42.0 Å². The fraction of sp³-hybridized carbons (Fsp3) is 0.429. The van der Waals surface area contributed by atoms with E-state index in [1.54, 1.807) is 0 Å². The SMILES string of the molecule is Cn1nc(C2CC2)nc1CCNc1ccccc1. The highest BCUT2D eigenvalue weighted by atomic mass is 15.3. The van der Waals surface area contributed by atoms with E-state index in [9.17, 15) is 0 Å². The molecular weight excluding hydrogens is 224 g/mol. The summed E-state index contributed by atoms with van der Waals surface area (Å²) in [5.41, 5.74) is 1.15. The highest BCUT2D eigenvalue weighted by Crippen LogP contribution is 2.37. The Morgan fingerprint density at radius 1 is 1.28 bits per heavy atom. The molecule has 0 radical (unpaired) electrons. The standard InChI is InChI=1S/C14H18N4/c1-18-13(16-14(17-18)11-7-8-11)9-10-15-12-5-3-2-4-6-12/h2-6,11,15H,7-10H2,1H3. The zero-order valence-corrected chi connectivity index (χ0v) is 10.6. The predicted octanol–water partition coefficient (Wildman–Crippen LogP) is 2.35. The van der Waals surface area contributed by atoms with Crippen molar-refractivity contribution in [2.24, 2.45) is 7.05 Å². The predicted molar refractivity (Wildman–Crippen MR) is 71.6 cm³/mol. The topological polar surface area (TPSA) is 42.7 Å². The maximum absolute atomic E-state index is 4.61. The molecule has 0 spiro atoms. The lowest BCUT2D eigenvalue weighted by molar-refractivity contribution is 0.694. The van der Waals surface area contributed by atoms with Gasteiger partial charge in [-0.25, -0.2) is 4.98 Å². The van der Waals surface area contributed by atoms with Gasteiger partial charge in [0.15, 0.2) is 5.82 Å².